The van der Waals surface area contributed by atoms with E-state index in [-0.39, 0.29) is 0 Å². The van der Waals surface area contributed by atoms with E-state index in [1.807, 2.05) is 24.3 Å². The highest BCUT2D eigenvalue weighted by atomic mass is 35.5. The first-order valence-electron chi connectivity index (χ1n) is 7.18. The summed E-state index contributed by atoms with van der Waals surface area (Å²) in [5, 5.41) is 4.71. The monoisotopic (exact) mass is 290 g/mol. The number of hydrogen-bond donors (Lipinski definition) is 1. The topological polar surface area (TPSA) is 41.0 Å². The molecule has 0 radical (unpaired) electrons. The molecule has 0 aliphatic heterocycles. The van der Waals surface area contributed by atoms with Crippen molar-refractivity contribution in [1.82, 2.24) is 14.9 Å². The van der Waals surface area contributed by atoms with Crippen LogP contribution >= 0.6 is 11.6 Å². The standard InChI is InChI=1S/C15H19ClN4/c1-2-20(11-7-8-11)10-9-17-14-12-5-3-4-6-13(12)18-15(16)19-14/h3-6,11H,2,7-10H2,1H3,(H,17,18,19). The van der Waals surface area contributed by atoms with Crippen molar-refractivity contribution in [2.75, 3.05) is 25.0 Å². The number of rotatable bonds is 6. The lowest BCUT2D eigenvalue weighted by atomic mass is 10.2. The molecular weight excluding hydrogens is 272 g/mol. The van der Waals surface area contributed by atoms with Gasteiger partial charge in [-0.05, 0) is 43.1 Å². The van der Waals surface area contributed by atoms with Crippen molar-refractivity contribution in [1.29, 1.82) is 0 Å². The first kappa shape index (κ1) is 13.6. The summed E-state index contributed by atoms with van der Waals surface area (Å²) in [6.07, 6.45) is 2.69. The zero-order valence-electron chi connectivity index (χ0n) is 11.6. The summed E-state index contributed by atoms with van der Waals surface area (Å²) in [5.74, 6) is 0.826. The van der Waals surface area contributed by atoms with Gasteiger partial charge in [0.2, 0.25) is 5.28 Å². The molecule has 1 fully saturated rings. The van der Waals surface area contributed by atoms with Gasteiger partial charge in [0.1, 0.15) is 5.82 Å². The van der Waals surface area contributed by atoms with Crippen LogP contribution in [0.25, 0.3) is 10.9 Å². The zero-order valence-corrected chi connectivity index (χ0v) is 12.4. The number of aromatic nitrogens is 2. The number of benzene rings is 1. The molecule has 106 valence electrons. The van der Waals surface area contributed by atoms with Crippen LogP contribution < -0.4 is 5.32 Å². The first-order valence-corrected chi connectivity index (χ1v) is 7.56. The minimum Gasteiger partial charge on any atom is -0.368 e. The van der Waals surface area contributed by atoms with Gasteiger partial charge < -0.3 is 5.32 Å². The van der Waals surface area contributed by atoms with Crippen LogP contribution in [0.4, 0.5) is 5.82 Å². The van der Waals surface area contributed by atoms with E-state index < -0.39 is 0 Å². The second-order valence-corrected chi connectivity index (χ2v) is 5.48. The molecule has 1 aliphatic carbocycles. The molecule has 1 saturated carbocycles. The van der Waals surface area contributed by atoms with Crippen molar-refractivity contribution >= 4 is 28.3 Å². The van der Waals surface area contributed by atoms with E-state index >= 15 is 0 Å². The van der Waals surface area contributed by atoms with Gasteiger partial charge in [-0.15, -0.1) is 0 Å². The van der Waals surface area contributed by atoms with Crippen molar-refractivity contribution in [3.05, 3.63) is 29.5 Å². The van der Waals surface area contributed by atoms with Gasteiger partial charge in [0.15, 0.2) is 0 Å². The van der Waals surface area contributed by atoms with Crippen molar-refractivity contribution in [3.8, 4) is 0 Å². The molecule has 4 nitrogen and oxygen atoms in total. The fourth-order valence-electron chi connectivity index (χ4n) is 2.54. The molecule has 20 heavy (non-hydrogen) atoms. The second kappa shape index (κ2) is 5.94. The van der Waals surface area contributed by atoms with E-state index in [9.17, 15) is 0 Å². The third-order valence-electron chi connectivity index (χ3n) is 3.74. The Morgan fingerprint density at radius 3 is 2.85 bits per heavy atom. The van der Waals surface area contributed by atoms with Crippen molar-refractivity contribution in [3.63, 3.8) is 0 Å². The summed E-state index contributed by atoms with van der Waals surface area (Å²) in [5.41, 5.74) is 0.879. The Bertz CT molecular complexity index is 597. The van der Waals surface area contributed by atoms with Gasteiger partial charge in [0.25, 0.3) is 0 Å². The van der Waals surface area contributed by atoms with Crippen molar-refractivity contribution in [2.24, 2.45) is 0 Å². The highest BCUT2D eigenvalue weighted by Gasteiger charge is 2.27. The quantitative estimate of drug-likeness (QED) is 0.830. The van der Waals surface area contributed by atoms with Crippen molar-refractivity contribution in [2.45, 2.75) is 25.8 Å². The molecule has 2 aromatic rings. The van der Waals surface area contributed by atoms with Gasteiger partial charge in [0.05, 0.1) is 5.52 Å². The number of para-hydroxylation sites is 1. The Kier molecular flexibility index (Phi) is 4.03. The number of hydrogen-bond acceptors (Lipinski definition) is 4. The fraction of sp³-hybridized carbons (Fsp3) is 0.467. The number of likely N-dealkylation sites (N-methyl/N-ethyl adjacent to an activating group) is 1. The maximum atomic E-state index is 5.98. The Morgan fingerprint density at radius 2 is 2.10 bits per heavy atom. The average Bonchev–Trinajstić information content (AvgIpc) is 3.28. The molecule has 1 aromatic carbocycles. The van der Waals surface area contributed by atoms with E-state index in [0.717, 1.165) is 42.4 Å². The summed E-state index contributed by atoms with van der Waals surface area (Å²) in [4.78, 5) is 11.1. The van der Waals surface area contributed by atoms with Crippen LogP contribution in [0.5, 0.6) is 0 Å². The van der Waals surface area contributed by atoms with E-state index in [4.69, 9.17) is 11.6 Å². The number of nitrogens with zero attached hydrogens (tertiary/aromatic N) is 3. The van der Waals surface area contributed by atoms with E-state index in [0.29, 0.717) is 5.28 Å². The van der Waals surface area contributed by atoms with Crippen LogP contribution in [-0.2, 0) is 0 Å². The van der Waals surface area contributed by atoms with Gasteiger partial charge >= 0.3 is 0 Å². The SMILES string of the molecule is CCN(CCNc1nc(Cl)nc2ccccc12)C1CC1. The van der Waals surface area contributed by atoms with Crippen LogP contribution in [0.2, 0.25) is 5.28 Å². The molecule has 1 N–H and O–H groups in total. The minimum absolute atomic E-state index is 0.292. The van der Waals surface area contributed by atoms with Crippen LogP contribution in [0.1, 0.15) is 19.8 Å². The van der Waals surface area contributed by atoms with Gasteiger partial charge in [0, 0.05) is 24.5 Å². The largest absolute Gasteiger partial charge is 0.368 e. The van der Waals surface area contributed by atoms with Crippen LogP contribution in [-0.4, -0.2) is 40.5 Å². The van der Waals surface area contributed by atoms with Crippen LogP contribution in [0, 0.1) is 0 Å². The zero-order chi connectivity index (χ0) is 13.9. The predicted molar refractivity (Wildman–Crippen MR) is 83.3 cm³/mol. The lowest BCUT2D eigenvalue weighted by Crippen LogP contribution is -2.31. The molecule has 1 aliphatic rings. The van der Waals surface area contributed by atoms with E-state index in [1.54, 1.807) is 0 Å². The molecule has 0 bridgehead atoms. The molecule has 5 heteroatoms. The maximum Gasteiger partial charge on any atom is 0.224 e. The number of fused-ring (bicyclic) bond motifs is 1. The van der Waals surface area contributed by atoms with Gasteiger partial charge in [-0.3, -0.25) is 4.90 Å². The number of anilines is 1. The summed E-state index contributed by atoms with van der Waals surface area (Å²) in [6.45, 7) is 5.24. The first-order chi connectivity index (χ1) is 9.78. The Morgan fingerprint density at radius 1 is 1.30 bits per heavy atom. The number of nitrogens with one attached hydrogen (secondary N) is 1. The average molecular weight is 291 g/mol. The molecular formula is C15H19ClN4. The summed E-state index contributed by atoms with van der Waals surface area (Å²) in [7, 11) is 0. The highest BCUT2D eigenvalue weighted by Crippen LogP contribution is 2.26. The van der Waals surface area contributed by atoms with Gasteiger partial charge in [-0.1, -0.05) is 19.1 Å². The van der Waals surface area contributed by atoms with Gasteiger partial charge in [-0.2, -0.15) is 0 Å². The lowest BCUT2D eigenvalue weighted by molar-refractivity contribution is 0.289. The third kappa shape index (κ3) is 3.02. The fourth-order valence-corrected chi connectivity index (χ4v) is 2.72. The molecule has 0 spiro atoms. The Balaban J connectivity index is 1.70. The van der Waals surface area contributed by atoms with E-state index in [2.05, 4.69) is 27.1 Å². The molecule has 1 aromatic heterocycles. The van der Waals surface area contributed by atoms with Crippen molar-refractivity contribution < 1.29 is 0 Å². The molecule has 1 heterocycles. The van der Waals surface area contributed by atoms with Crippen LogP contribution in [0.3, 0.4) is 0 Å². The summed E-state index contributed by atoms with van der Waals surface area (Å²) >= 11 is 5.98. The predicted octanol–water partition coefficient (Wildman–Crippen LogP) is 3.18. The molecule has 3 rings (SSSR count). The molecule has 0 amide bonds. The second-order valence-electron chi connectivity index (χ2n) is 5.14. The lowest BCUT2D eigenvalue weighted by Gasteiger charge is -2.20. The number of halogens is 1. The Hall–Kier alpha value is -1.39. The van der Waals surface area contributed by atoms with Gasteiger partial charge in [-0.25, -0.2) is 9.97 Å². The molecule has 0 saturated heterocycles. The summed E-state index contributed by atoms with van der Waals surface area (Å²) < 4.78 is 0. The normalized spacial score (nSPS) is 14.9. The highest BCUT2D eigenvalue weighted by molar-refractivity contribution is 6.28. The third-order valence-corrected chi connectivity index (χ3v) is 3.91. The minimum atomic E-state index is 0.292. The van der Waals surface area contributed by atoms with E-state index in [1.165, 1.54) is 12.8 Å². The molecule has 0 unspecified atom stereocenters. The summed E-state index contributed by atoms with van der Waals surface area (Å²) in [6, 6.07) is 8.73. The molecule has 0 atom stereocenters. The van der Waals surface area contributed by atoms with Crippen LogP contribution in [0.15, 0.2) is 24.3 Å². The Labute approximate surface area is 124 Å². The maximum absolute atomic E-state index is 5.98. The smallest absolute Gasteiger partial charge is 0.224 e.